The minimum Gasteiger partial charge on any atom is -0.381 e. The largest absolute Gasteiger partial charge is 0.381 e. The zero-order chi connectivity index (χ0) is 10.8. The van der Waals surface area contributed by atoms with Crippen LogP contribution >= 0.6 is 0 Å². The molecule has 0 spiro atoms. The van der Waals surface area contributed by atoms with E-state index in [0.29, 0.717) is 5.82 Å². The molecule has 6 nitrogen and oxygen atoms in total. The number of carbonyl (C=O) groups is 1. The van der Waals surface area contributed by atoms with Gasteiger partial charge in [0.05, 0.1) is 6.54 Å². The molecule has 0 aliphatic heterocycles. The number of carbonyl (C=O) groups excluding carboxylic acids is 1. The van der Waals surface area contributed by atoms with Crippen LogP contribution in [0, 0.1) is 0 Å². The lowest BCUT2D eigenvalue weighted by atomic mass is 10.1. The summed E-state index contributed by atoms with van der Waals surface area (Å²) in [4.78, 5) is 15.1. The lowest BCUT2D eigenvalue weighted by molar-refractivity contribution is -0.136. The van der Waals surface area contributed by atoms with Gasteiger partial charge in [0.25, 0.3) is 5.91 Å². The number of rotatable bonds is 3. The molecule has 0 unspecified atom stereocenters. The molecule has 78 valence electrons. The summed E-state index contributed by atoms with van der Waals surface area (Å²) in [6, 6.07) is 0. The second-order valence-corrected chi connectivity index (χ2v) is 3.58. The van der Waals surface area contributed by atoms with Gasteiger partial charge in [-0.1, -0.05) is 0 Å². The van der Waals surface area contributed by atoms with Gasteiger partial charge in [0, 0.05) is 7.05 Å². The Kier molecular flexibility index (Phi) is 2.85. The second kappa shape index (κ2) is 3.75. The van der Waals surface area contributed by atoms with Crippen LogP contribution in [0.3, 0.4) is 0 Å². The smallest absolute Gasteiger partial charge is 0.251 e. The van der Waals surface area contributed by atoms with Gasteiger partial charge < -0.3 is 10.4 Å². The molecule has 0 bridgehead atoms. The third-order valence-corrected chi connectivity index (χ3v) is 1.61. The van der Waals surface area contributed by atoms with Crippen molar-refractivity contribution in [1.29, 1.82) is 0 Å². The molecule has 0 radical (unpaired) electrons. The van der Waals surface area contributed by atoms with Gasteiger partial charge in [-0.05, 0) is 13.8 Å². The molecule has 1 heterocycles. The fraction of sp³-hybridized carbons (Fsp3) is 0.625. The highest BCUT2D eigenvalue weighted by molar-refractivity contribution is 5.83. The van der Waals surface area contributed by atoms with Gasteiger partial charge in [0.1, 0.15) is 11.9 Å². The Hall–Kier alpha value is -1.43. The summed E-state index contributed by atoms with van der Waals surface area (Å²) >= 11 is 0. The van der Waals surface area contributed by atoms with Gasteiger partial charge in [-0.25, -0.2) is 4.98 Å². The highest BCUT2D eigenvalue weighted by Crippen LogP contribution is 2.00. The quantitative estimate of drug-likeness (QED) is 0.666. The molecule has 0 fully saturated rings. The third kappa shape index (κ3) is 2.81. The molecule has 0 aliphatic rings. The normalized spacial score (nSPS) is 11.4. The van der Waals surface area contributed by atoms with E-state index in [4.69, 9.17) is 0 Å². The lowest BCUT2D eigenvalue weighted by Gasteiger charge is -2.15. The molecule has 6 heteroatoms. The van der Waals surface area contributed by atoms with Crippen molar-refractivity contribution in [2.24, 2.45) is 7.05 Å². The summed E-state index contributed by atoms with van der Waals surface area (Å²) in [7, 11) is 1.74. The highest BCUT2D eigenvalue weighted by Gasteiger charge is 2.23. The molecule has 0 saturated carbocycles. The maximum Gasteiger partial charge on any atom is 0.251 e. The van der Waals surface area contributed by atoms with Crippen molar-refractivity contribution >= 4 is 5.91 Å². The van der Waals surface area contributed by atoms with E-state index in [1.54, 1.807) is 18.1 Å². The summed E-state index contributed by atoms with van der Waals surface area (Å²) in [5.74, 6) is 0.0788. The average molecular weight is 198 g/mol. The number of nitrogens with zero attached hydrogens (tertiary/aromatic N) is 3. The average Bonchev–Trinajstić information content (AvgIpc) is 2.45. The molecule has 14 heavy (non-hydrogen) atoms. The second-order valence-electron chi connectivity index (χ2n) is 3.58. The SMILES string of the molecule is Cn1cnc(CNC(=O)C(C)(C)O)n1. The summed E-state index contributed by atoms with van der Waals surface area (Å²) in [5.41, 5.74) is -1.37. The van der Waals surface area contributed by atoms with Gasteiger partial charge >= 0.3 is 0 Å². The summed E-state index contributed by atoms with van der Waals surface area (Å²) in [6.07, 6.45) is 1.55. The number of aryl methyl sites for hydroxylation is 1. The number of aromatic nitrogens is 3. The van der Waals surface area contributed by atoms with Crippen molar-refractivity contribution in [1.82, 2.24) is 20.1 Å². The Morgan fingerprint density at radius 2 is 2.36 bits per heavy atom. The van der Waals surface area contributed by atoms with Crippen LogP contribution in [0.2, 0.25) is 0 Å². The van der Waals surface area contributed by atoms with Gasteiger partial charge in [0.2, 0.25) is 0 Å². The van der Waals surface area contributed by atoms with Crippen molar-refractivity contribution in [3.05, 3.63) is 12.2 Å². The zero-order valence-corrected chi connectivity index (χ0v) is 8.48. The standard InChI is InChI=1S/C8H14N4O2/c1-8(2,14)7(13)9-4-6-10-5-12(3)11-6/h5,14H,4H2,1-3H3,(H,9,13). The first kappa shape index (κ1) is 10.6. The number of aliphatic hydroxyl groups is 1. The summed E-state index contributed by atoms with van der Waals surface area (Å²) in [6.45, 7) is 3.08. The van der Waals surface area contributed by atoms with E-state index in [2.05, 4.69) is 15.4 Å². The number of amides is 1. The molecular formula is C8H14N4O2. The lowest BCUT2D eigenvalue weighted by Crippen LogP contribution is -2.41. The maximum absolute atomic E-state index is 11.2. The van der Waals surface area contributed by atoms with Crippen LogP contribution in [-0.4, -0.2) is 31.4 Å². The van der Waals surface area contributed by atoms with Crippen LogP contribution < -0.4 is 5.32 Å². The van der Waals surface area contributed by atoms with Gasteiger partial charge in [-0.2, -0.15) is 5.10 Å². The monoisotopic (exact) mass is 198 g/mol. The minimum atomic E-state index is -1.37. The van der Waals surface area contributed by atoms with Crippen molar-refractivity contribution in [3.63, 3.8) is 0 Å². The Morgan fingerprint density at radius 3 is 2.79 bits per heavy atom. The van der Waals surface area contributed by atoms with E-state index in [-0.39, 0.29) is 6.54 Å². The number of hydrogen-bond donors (Lipinski definition) is 2. The van der Waals surface area contributed by atoms with E-state index in [0.717, 1.165) is 0 Å². The maximum atomic E-state index is 11.2. The van der Waals surface area contributed by atoms with Crippen LogP contribution in [0.5, 0.6) is 0 Å². The van der Waals surface area contributed by atoms with E-state index < -0.39 is 11.5 Å². The van der Waals surface area contributed by atoms with Crippen molar-refractivity contribution in [2.75, 3.05) is 0 Å². The van der Waals surface area contributed by atoms with Gasteiger partial charge in [-0.15, -0.1) is 0 Å². The van der Waals surface area contributed by atoms with Crippen LogP contribution in [0.25, 0.3) is 0 Å². The Bertz CT molecular complexity index is 326. The molecular weight excluding hydrogens is 184 g/mol. The number of hydrogen-bond acceptors (Lipinski definition) is 4. The Labute approximate surface area is 82.0 Å². The number of nitrogens with one attached hydrogen (secondary N) is 1. The first-order valence-electron chi connectivity index (χ1n) is 4.25. The van der Waals surface area contributed by atoms with Gasteiger partial charge in [0.15, 0.2) is 5.82 Å². The molecule has 1 aromatic rings. The molecule has 1 amide bonds. The van der Waals surface area contributed by atoms with Crippen molar-refractivity contribution in [2.45, 2.75) is 26.0 Å². The molecule has 0 saturated heterocycles. The third-order valence-electron chi connectivity index (χ3n) is 1.61. The van der Waals surface area contributed by atoms with Crippen LogP contribution in [0.4, 0.5) is 0 Å². The van der Waals surface area contributed by atoms with Gasteiger partial charge in [-0.3, -0.25) is 9.48 Å². The summed E-state index contributed by atoms with van der Waals surface area (Å²) in [5, 5.41) is 15.8. The minimum absolute atomic E-state index is 0.226. The van der Waals surface area contributed by atoms with E-state index >= 15 is 0 Å². The molecule has 0 aromatic carbocycles. The fourth-order valence-electron chi connectivity index (χ4n) is 0.841. The zero-order valence-electron chi connectivity index (χ0n) is 8.48. The fourth-order valence-corrected chi connectivity index (χ4v) is 0.841. The predicted molar refractivity (Wildman–Crippen MR) is 49.1 cm³/mol. The Balaban J connectivity index is 2.46. The van der Waals surface area contributed by atoms with Crippen LogP contribution in [-0.2, 0) is 18.4 Å². The van der Waals surface area contributed by atoms with E-state index in [1.165, 1.54) is 13.8 Å². The topological polar surface area (TPSA) is 80.0 Å². The molecule has 2 N–H and O–H groups in total. The molecule has 0 aliphatic carbocycles. The first-order chi connectivity index (χ1) is 6.39. The molecule has 1 rings (SSSR count). The van der Waals surface area contributed by atoms with E-state index in [9.17, 15) is 9.90 Å². The van der Waals surface area contributed by atoms with E-state index in [1.807, 2.05) is 0 Å². The molecule has 1 aromatic heterocycles. The van der Waals surface area contributed by atoms with Crippen LogP contribution in [0.15, 0.2) is 6.33 Å². The van der Waals surface area contributed by atoms with Crippen molar-refractivity contribution < 1.29 is 9.90 Å². The summed E-state index contributed by atoms with van der Waals surface area (Å²) < 4.78 is 1.55. The Morgan fingerprint density at radius 1 is 1.71 bits per heavy atom. The van der Waals surface area contributed by atoms with Crippen LogP contribution in [0.1, 0.15) is 19.7 Å². The van der Waals surface area contributed by atoms with Crippen molar-refractivity contribution in [3.8, 4) is 0 Å². The molecule has 0 atom stereocenters. The highest BCUT2D eigenvalue weighted by atomic mass is 16.3. The predicted octanol–water partition coefficient (Wildman–Crippen LogP) is -0.798. The first-order valence-corrected chi connectivity index (χ1v) is 4.25.